The Kier molecular flexibility index (Phi) is 4.17. The van der Waals surface area contributed by atoms with E-state index < -0.39 is 0 Å². The lowest BCUT2D eigenvalue weighted by Gasteiger charge is -2.24. The molecule has 5 heteroatoms. The summed E-state index contributed by atoms with van der Waals surface area (Å²) in [5, 5.41) is 7.36. The second-order valence-corrected chi connectivity index (χ2v) is 4.70. The first-order valence-corrected chi connectivity index (χ1v) is 6.21. The topological polar surface area (TPSA) is 37.7 Å². The molecule has 0 aromatic rings. The Morgan fingerprint density at radius 2 is 2.07 bits per heavy atom. The number of thiocarbonyl (C=S) groups is 1. The van der Waals surface area contributed by atoms with E-state index in [-0.39, 0.29) is 0 Å². The number of quaternary nitrogens is 1. The second kappa shape index (κ2) is 5.63. The summed E-state index contributed by atoms with van der Waals surface area (Å²) in [5.74, 6) is 0. The van der Waals surface area contributed by atoms with Gasteiger partial charge in [-0.25, -0.2) is 0 Å². The Morgan fingerprint density at radius 3 is 2.73 bits per heavy atom. The predicted molar refractivity (Wildman–Crippen MR) is 63.1 cm³/mol. The minimum Gasteiger partial charge on any atom is -0.370 e. The fourth-order valence-electron chi connectivity index (χ4n) is 1.73. The number of ether oxygens (including phenoxy) is 1. The highest BCUT2D eigenvalue weighted by Gasteiger charge is 2.21. The molecule has 1 aliphatic carbocycles. The van der Waals surface area contributed by atoms with E-state index in [1.807, 2.05) is 0 Å². The van der Waals surface area contributed by atoms with Crippen LogP contribution in [0, 0.1) is 0 Å². The highest BCUT2D eigenvalue weighted by atomic mass is 32.1. The summed E-state index contributed by atoms with van der Waals surface area (Å²) in [6.45, 7) is 6.17. The fraction of sp³-hybridized carbons (Fsp3) is 0.900. The minimum atomic E-state index is 0.653. The van der Waals surface area contributed by atoms with Crippen molar-refractivity contribution >= 4 is 17.3 Å². The maximum Gasteiger partial charge on any atom is 0.166 e. The number of hydrogen-bond acceptors (Lipinski definition) is 2. The van der Waals surface area contributed by atoms with Crippen LogP contribution in [-0.2, 0) is 4.74 Å². The first-order chi connectivity index (χ1) is 7.34. The van der Waals surface area contributed by atoms with Gasteiger partial charge in [-0.1, -0.05) is 0 Å². The maximum absolute atomic E-state index is 5.31. The van der Waals surface area contributed by atoms with Gasteiger partial charge in [0, 0.05) is 6.04 Å². The van der Waals surface area contributed by atoms with Crippen molar-refractivity contribution in [3.63, 3.8) is 0 Å². The molecule has 0 bridgehead atoms. The molecule has 0 radical (unpaired) electrons. The quantitative estimate of drug-likeness (QED) is 0.516. The third kappa shape index (κ3) is 4.32. The van der Waals surface area contributed by atoms with E-state index in [0.29, 0.717) is 6.04 Å². The zero-order valence-electron chi connectivity index (χ0n) is 9.05. The Bertz CT molecular complexity index is 215. The van der Waals surface area contributed by atoms with Crippen LogP contribution in [-0.4, -0.2) is 50.5 Å². The number of hydrogen-bond donors (Lipinski definition) is 3. The molecule has 2 aliphatic rings. The van der Waals surface area contributed by atoms with Gasteiger partial charge >= 0.3 is 0 Å². The van der Waals surface area contributed by atoms with Crippen LogP contribution in [0.2, 0.25) is 0 Å². The molecule has 0 amide bonds. The first kappa shape index (κ1) is 11.1. The van der Waals surface area contributed by atoms with Gasteiger partial charge in [-0.2, -0.15) is 0 Å². The van der Waals surface area contributed by atoms with Gasteiger partial charge in [-0.05, 0) is 25.1 Å². The lowest BCUT2D eigenvalue weighted by Crippen LogP contribution is -3.14. The fourth-order valence-corrected chi connectivity index (χ4v) is 2.00. The van der Waals surface area contributed by atoms with Crippen molar-refractivity contribution in [2.75, 3.05) is 39.4 Å². The van der Waals surface area contributed by atoms with Gasteiger partial charge in [0.25, 0.3) is 0 Å². The summed E-state index contributed by atoms with van der Waals surface area (Å²) in [6, 6.07) is 0.653. The number of rotatable bonds is 4. The lowest BCUT2D eigenvalue weighted by atomic mass is 10.4. The maximum atomic E-state index is 5.31. The number of morpholine rings is 1. The van der Waals surface area contributed by atoms with Crippen molar-refractivity contribution in [2.45, 2.75) is 18.9 Å². The van der Waals surface area contributed by atoms with Crippen LogP contribution in [0.1, 0.15) is 12.8 Å². The third-order valence-corrected chi connectivity index (χ3v) is 3.14. The van der Waals surface area contributed by atoms with Crippen LogP contribution in [0.15, 0.2) is 0 Å². The molecule has 1 heterocycles. The Hall–Kier alpha value is -0.390. The summed E-state index contributed by atoms with van der Waals surface area (Å²) in [5.41, 5.74) is 0. The second-order valence-electron chi connectivity index (χ2n) is 4.29. The van der Waals surface area contributed by atoms with Crippen molar-refractivity contribution in [1.29, 1.82) is 0 Å². The molecule has 3 N–H and O–H groups in total. The Labute approximate surface area is 96.3 Å². The van der Waals surface area contributed by atoms with E-state index in [2.05, 4.69) is 10.6 Å². The molecule has 0 unspecified atom stereocenters. The SMILES string of the molecule is S=C(NCC[NH+]1CCOCC1)NC1CC1. The van der Waals surface area contributed by atoms with Gasteiger partial charge in [-0.15, -0.1) is 0 Å². The van der Waals surface area contributed by atoms with Crippen LogP contribution in [0.4, 0.5) is 0 Å². The van der Waals surface area contributed by atoms with Gasteiger partial charge in [-0.3, -0.25) is 0 Å². The Morgan fingerprint density at radius 1 is 1.33 bits per heavy atom. The van der Waals surface area contributed by atoms with Crippen molar-refractivity contribution < 1.29 is 9.64 Å². The molecule has 1 saturated carbocycles. The van der Waals surface area contributed by atoms with E-state index in [1.54, 1.807) is 4.90 Å². The van der Waals surface area contributed by atoms with Gasteiger partial charge < -0.3 is 20.3 Å². The average Bonchev–Trinajstić information content (AvgIpc) is 3.03. The Balaban J connectivity index is 1.51. The van der Waals surface area contributed by atoms with Crippen molar-refractivity contribution in [2.24, 2.45) is 0 Å². The predicted octanol–water partition coefficient (Wildman–Crippen LogP) is -1.47. The molecule has 1 saturated heterocycles. The molecule has 0 atom stereocenters. The summed E-state index contributed by atoms with van der Waals surface area (Å²) in [6.07, 6.45) is 2.55. The van der Waals surface area contributed by atoms with Crippen LogP contribution < -0.4 is 15.5 Å². The van der Waals surface area contributed by atoms with E-state index in [4.69, 9.17) is 17.0 Å². The van der Waals surface area contributed by atoms with E-state index in [1.165, 1.54) is 12.8 Å². The molecule has 0 aromatic carbocycles. The normalized spacial score (nSPS) is 22.4. The van der Waals surface area contributed by atoms with Gasteiger partial charge in [0.05, 0.1) is 26.3 Å². The third-order valence-electron chi connectivity index (χ3n) is 2.88. The van der Waals surface area contributed by atoms with E-state index in [0.717, 1.165) is 44.5 Å². The first-order valence-electron chi connectivity index (χ1n) is 5.80. The molecular formula is C10H20N3OS+. The number of nitrogens with one attached hydrogen (secondary N) is 3. The zero-order valence-corrected chi connectivity index (χ0v) is 9.87. The van der Waals surface area contributed by atoms with E-state index >= 15 is 0 Å². The van der Waals surface area contributed by atoms with Crippen LogP contribution in [0.5, 0.6) is 0 Å². The molecule has 1 aliphatic heterocycles. The van der Waals surface area contributed by atoms with E-state index in [9.17, 15) is 0 Å². The van der Waals surface area contributed by atoms with Crippen LogP contribution in [0.25, 0.3) is 0 Å². The highest BCUT2D eigenvalue weighted by Crippen LogP contribution is 2.18. The highest BCUT2D eigenvalue weighted by molar-refractivity contribution is 7.80. The summed E-state index contributed by atoms with van der Waals surface area (Å²) in [7, 11) is 0. The zero-order chi connectivity index (χ0) is 10.5. The molecule has 4 nitrogen and oxygen atoms in total. The minimum absolute atomic E-state index is 0.653. The molecule has 0 aromatic heterocycles. The lowest BCUT2D eigenvalue weighted by molar-refractivity contribution is -0.906. The van der Waals surface area contributed by atoms with Crippen LogP contribution in [0.3, 0.4) is 0 Å². The summed E-state index contributed by atoms with van der Waals surface area (Å²) in [4.78, 5) is 1.61. The molecule has 2 rings (SSSR count). The van der Waals surface area contributed by atoms with Gasteiger partial charge in [0.15, 0.2) is 5.11 Å². The van der Waals surface area contributed by atoms with Crippen LogP contribution >= 0.6 is 12.2 Å². The molecule has 2 fully saturated rings. The molecule has 0 spiro atoms. The smallest absolute Gasteiger partial charge is 0.166 e. The van der Waals surface area contributed by atoms with Crippen molar-refractivity contribution in [3.05, 3.63) is 0 Å². The molecular weight excluding hydrogens is 210 g/mol. The average molecular weight is 230 g/mol. The molecule has 86 valence electrons. The van der Waals surface area contributed by atoms with Gasteiger partial charge in [0.1, 0.15) is 13.1 Å². The monoisotopic (exact) mass is 230 g/mol. The van der Waals surface area contributed by atoms with Crippen molar-refractivity contribution in [3.8, 4) is 0 Å². The summed E-state index contributed by atoms with van der Waals surface area (Å²) < 4.78 is 5.31. The standard InChI is InChI=1S/C10H19N3OS/c15-10(12-9-1-2-9)11-3-4-13-5-7-14-8-6-13/h9H,1-8H2,(H2,11,12,15)/p+1. The summed E-state index contributed by atoms with van der Waals surface area (Å²) >= 11 is 5.18. The van der Waals surface area contributed by atoms with Gasteiger partial charge in [0.2, 0.25) is 0 Å². The van der Waals surface area contributed by atoms with Crippen molar-refractivity contribution in [1.82, 2.24) is 10.6 Å². The molecule has 15 heavy (non-hydrogen) atoms. The largest absolute Gasteiger partial charge is 0.370 e.